The van der Waals surface area contributed by atoms with Crippen LogP contribution in [0.25, 0.3) is 0 Å². The van der Waals surface area contributed by atoms with Crippen LogP contribution in [0.5, 0.6) is 0 Å². The van der Waals surface area contributed by atoms with Crippen molar-refractivity contribution in [3.05, 3.63) is 11.4 Å². The molecule has 0 saturated carbocycles. The second kappa shape index (κ2) is 9.06. The summed E-state index contributed by atoms with van der Waals surface area (Å²) in [7, 11) is 0. The average Bonchev–Trinajstić information content (AvgIpc) is 2.70. The molecular formula is C15H27N3OS. The van der Waals surface area contributed by atoms with Crippen molar-refractivity contribution in [2.75, 3.05) is 12.3 Å². The third-order valence-electron chi connectivity index (χ3n) is 3.34. The Morgan fingerprint density at radius 2 is 1.95 bits per heavy atom. The largest absolute Gasteiger partial charge is 0.355 e. The van der Waals surface area contributed by atoms with Crippen LogP contribution in [-0.4, -0.2) is 27.8 Å². The molecule has 0 spiro atoms. The van der Waals surface area contributed by atoms with Crippen LogP contribution in [0.15, 0.2) is 5.16 Å². The number of unbranched alkanes of at least 4 members (excludes halogenated alkanes) is 2. The molecule has 0 aliphatic heterocycles. The molecule has 4 nitrogen and oxygen atoms in total. The third kappa shape index (κ3) is 5.19. The van der Waals surface area contributed by atoms with E-state index in [2.05, 4.69) is 35.6 Å². The van der Waals surface area contributed by atoms with Gasteiger partial charge in [-0.05, 0) is 26.7 Å². The predicted molar refractivity (Wildman–Crippen MR) is 85.3 cm³/mol. The van der Waals surface area contributed by atoms with Gasteiger partial charge in [0.1, 0.15) is 0 Å². The number of nitrogens with one attached hydrogen (secondary N) is 1. The number of imidazole rings is 1. The van der Waals surface area contributed by atoms with Crippen molar-refractivity contribution in [3.63, 3.8) is 0 Å². The minimum Gasteiger partial charge on any atom is -0.355 e. The number of thioether (sulfide) groups is 1. The Kier molecular flexibility index (Phi) is 7.73. The van der Waals surface area contributed by atoms with Crippen LogP contribution < -0.4 is 5.32 Å². The number of hydrogen-bond donors (Lipinski definition) is 1. The Hall–Kier alpha value is -0.970. The molecule has 0 bridgehead atoms. The molecule has 5 heteroatoms. The summed E-state index contributed by atoms with van der Waals surface area (Å²) in [4.78, 5) is 16.3. The molecule has 0 saturated heterocycles. The van der Waals surface area contributed by atoms with Gasteiger partial charge in [0.05, 0.1) is 11.4 Å². The number of aromatic nitrogens is 2. The standard InChI is InChI=1S/C15H27N3OS/c1-5-7-9-16-14(19)11-20-15-17-12(3)13(4)18(15)10-8-6-2/h5-11H2,1-4H3,(H,16,19). The Morgan fingerprint density at radius 3 is 2.60 bits per heavy atom. The quantitative estimate of drug-likeness (QED) is 0.562. The highest BCUT2D eigenvalue weighted by molar-refractivity contribution is 7.99. The summed E-state index contributed by atoms with van der Waals surface area (Å²) in [5, 5.41) is 3.91. The van der Waals surface area contributed by atoms with E-state index in [0.29, 0.717) is 5.75 Å². The highest BCUT2D eigenvalue weighted by atomic mass is 32.2. The highest BCUT2D eigenvalue weighted by Crippen LogP contribution is 2.21. The number of rotatable bonds is 9. The van der Waals surface area contributed by atoms with E-state index < -0.39 is 0 Å². The average molecular weight is 297 g/mol. The normalized spacial score (nSPS) is 10.8. The Balaban J connectivity index is 2.54. The van der Waals surface area contributed by atoms with Crippen molar-refractivity contribution in [3.8, 4) is 0 Å². The molecule has 0 atom stereocenters. The first-order chi connectivity index (χ1) is 9.60. The van der Waals surface area contributed by atoms with E-state index in [-0.39, 0.29) is 5.91 Å². The molecule has 1 aromatic rings. The molecule has 1 rings (SSSR count). The van der Waals surface area contributed by atoms with Gasteiger partial charge in [0.15, 0.2) is 5.16 Å². The molecule has 0 unspecified atom stereocenters. The molecule has 1 amide bonds. The van der Waals surface area contributed by atoms with Crippen LogP contribution in [0.4, 0.5) is 0 Å². The van der Waals surface area contributed by atoms with Crippen molar-refractivity contribution >= 4 is 17.7 Å². The van der Waals surface area contributed by atoms with Gasteiger partial charge in [-0.15, -0.1) is 0 Å². The lowest BCUT2D eigenvalue weighted by atomic mass is 10.3. The van der Waals surface area contributed by atoms with Crippen molar-refractivity contribution in [2.45, 2.75) is 65.1 Å². The second-order valence-electron chi connectivity index (χ2n) is 5.06. The Morgan fingerprint density at radius 1 is 1.25 bits per heavy atom. The van der Waals surface area contributed by atoms with E-state index in [1.807, 2.05) is 6.92 Å². The molecule has 20 heavy (non-hydrogen) atoms. The fourth-order valence-corrected chi connectivity index (χ4v) is 2.85. The summed E-state index contributed by atoms with van der Waals surface area (Å²) in [6.45, 7) is 10.2. The van der Waals surface area contributed by atoms with E-state index in [1.165, 1.54) is 17.5 Å². The van der Waals surface area contributed by atoms with Gasteiger partial charge in [-0.3, -0.25) is 4.79 Å². The number of amides is 1. The summed E-state index contributed by atoms with van der Waals surface area (Å²) in [6.07, 6.45) is 4.46. The molecule has 0 aliphatic rings. The number of carbonyl (C=O) groups excluding carboxylic acids is 1. The van der Waals surface area contributed by atoms with Gasteiger partial charge >= 0.3 is 0 Å². The van der Waals surface area contributed by atoms with Gasteiger partial charge in [0, 0.05) is 18.8 Å². The molecule has 1 N–H and O–H groups in total. The van der Waals surface area contributed by atoms with Crippen LogP contribution in [0.3, 0.4) is 0 Å². The zero-order valence-corrected chi connectivity index (χ0v) is 14.0. The predicted octanol–water partition coefficient (Wildman–Crippen LogP) is 3.31. The van der Waals surface area contributed by atoms with E-state index in [9.17, 15) is 4.79 Å². The monoisotopic (exact) mass is 297 g/mol. The lowest BCUT2D eigenvalue weighted by molar-refractivity contribution is -0.118. The highest BCUT2D eigenvalue weighted by Gasteiger charge is 2.12. The van der Waals surface area contributed by atoms with Crippen molar-refractivity contribution in [1.82, 2.24) is 14.9 Å². The number of nitrogens with zero attached hydrogens (tertiary/aromatic N) is 2. The fraction of sp³-hybridized carbons (Fsp3) is 0.733. The Labute approximate surface area is 126 Å². The lowest BCUT2D eigenvalue weighted by Gasteiger charge is -2.09. The molecular weight excluding hydrogens is 270 g/mol. The Bertz CT molecular complexity index is 429. The molecule has 0 aromatic carbocycles. The summed E-state index contributed by atoms with van der Waals surface area (Å²) in [5.41, 5.74) is 2.28. The SMILES string of the molecule is CCCCNC(=O)CSc1nc(C)c(C)n1CCCC. The molecule has 1 aromatic heterocycles. The minimum absolute atomic E-state index is 0.101. The summed E-state index contributed by atoms with van der Waals surface area (Å²) in [5.74, 6) is 0.551. The minimum atomic E-state index is 0.101. The molecule has 114 valence electrons. The van der Waals surface area contributed by atoms with Crippen LogP contribution >= 0.6 is 11.8 Å². The van der Waals surface area contributed by atoms with Gasteiger partial charge in [-0.25, -0.2) is 4.98 Å². The van der Waals surface area contributed by atoms with Gasteiger partial charge in [-0.1, -0.05) is 38.5 Å². The van der Waals surface area contributed by atoms with Crippen LogP contribution in [-0.2, 0) is 11.3 Å². The maximum atomic E-state index is 11.7. The zero-order chi connectivity index (χ0) is 15.0. The third-order valence-corrected chi connectivity index (χ3v) is 4.32. The van der Waals surface area contributed by atoms with E-state index in [1.54, 1.807) is 0 Å². The maximum absolute atomic E-state index is 11.7. The van der Waals surface area contributed by atoms with E-state index >= 15 is 0 Å². The fourth-order valence-electron chi connectivity index (χ4n) is 1.90. The van der Waals surface area contributed by atoms with E-state index in [0.717, 1.165) is 49.6 Å². The van der Waals surface area contributed by atoms with Gasteiger partial charge in [0.25, 0.3) is 0 Å². The first-order valence-electron chi connectivity index (χ1n) is 7.53. The zero-order valence-electron chi connectivity index (χ0n) is 13.2. The van der Waals surface area contributed by atoms with Crippen molar-refractivity contribution in [2.24, 2.45) is 0 Å². The molecule has 0 aliphatic carbocycles. The maximum Gasteiger partial charge on any atom is 0.230 e. The van der Waals surface area contributed by atoms with Gasteiger partial charge < -0.3 is 9.88 Å². The summed E-state index contributed by atoms with van der Waals surface area (Å²) in [6, 6.07) is 0. The van der Waals surface area contributed by atoms with Crippen LogP contribution in [0.2, 0.25) is 0 Å². The second-order valence-corrected chi connectivity index (χ2v) is 6.01. The first kappa shape index (κ1) is 17.1. The summed E-state index contributed by atoms with van der Waals surface area (Å²) < 4.78 is 2.24. The van der Waals surface area contributed by atoms with Crippen molar-refractivity contribution in [1.29, 1.82) is 0 Å². The van der Waals surface area contributed by atoms with Gasteiger partial charge in [-0.2, -0.15) is 0 Å². The van der Waals surface area contributed by atoms with Crippen LogP contribution in [0.1, 0.15) is 50.9 Å². The topological polar surface area (TPSA) is 46.9 Å². The van der Waals surface area contributed by atoms with Gasteiger partial charge in [0.2, 0.25) is 5.91 Å². The molecule has 0 fully saturated rings. The number of hydrogen-bond acceptors (Lipinski definition) is 3. The first-order valence-corrected chi connectivity index (χ1v) is 8.51. The number of carbonyl (C=O) groups is 1. The molecule has 1 heterocycles. The van der Waals surface area contributed by atoms with Crippen LogP contribution in [0, 0.1) is 13.8 Å². The van der Waals surface area contributed by atoms with E-state index in [4.69, 9.17) is 0 Å². The lowest BCUT2D eigenvalue weighted by Crippen LogP contribution is -2.26. The summed E-state index contributed by atoms with van der Waals surface area (Å²) >= 11 is 1.54. The molecule has 0 radical (unpaired) electrons. The van der Waals surface area contributed by atoms with Crippen molar-refractivity contribution < 1.29 is 4.79 Å². The smallest absolute Gasteiger partial charge is 0.230 e. The number of aryl methyl sites for hydroxylation is 1.